The zero-order valence-electron chi connectivity index (χ0n) is 11.0. The second-order valence-electron chi connectivity index (χ2n) is 4.63. The second kappa shape index (κ2) is 5.60. The van der Waals surface area contributed by atoms with Gasteiger partial charge in [-0.15, -0.1) is 0 Å². The summed E-state index contributed by atoms with van der Waals surface area (Å²) in [6.45, 7) is 5.75. The fraction of sp³-hybridized carbons (Fsp3) is 0.385. The first-order chi connectivity index (χ1) is 8.76. The van der Waals surface area contributed by atoms with Crippen LogP contribution in [0, 0.1) is 0 Å². The molecule has 0 amide bonds. The molecule has 104 valence electrons. The fourth-order valence-electron chi connectivity index (χ4n) is 1.58. The van der Waals surface area contributed by atoms with Crippen LogP contribution in [0.1, 0.15) is 32.8 Å². The van der Waals surface area contributed by atoms with Crippen LogP contribution in [0.3, 0.4) is 0 Å². The van der Waals surface area contributed by atoms with Gasteiger partial charge in [0.1, 0.15) is 11.5 Å². The molecule has 2 N–H and O–H groups in total. The minimum atomic E-state index is -1.42. The van der Waals surface area contributed by atoms with Crippen LogP contribution >= 0.6 is 0 Å². The van der Waals surface area contributed by atoms with E-state index in [1.807, 2.05) is 20.8 Å². The molecule has 0 aliphatic heterocycles. The quantitative estimate of drug-likeness (QED) is 0.641. The number of hydrogen-bond acceptors (Lipinski definition) is 4. The summed E-state index contributed by atoms with van der Waals surface area (Å²) in [5, 5.41) is 17.3. The van der Waals surface area contributed by atoms with Crippen molar-refractivity contribution in [1.29, 1.82) is 0 Å². The highest BCUT2D eigenvalue weighted by Crippen LogP contribution is 2.36. The van der Waals surface area contributed by atoms with E-state index < -0.39 is 12.3 Å². The first kappa shape index (κ1) is 14.8. The molecule has 1 rings (SSSR count). The van der Waals surface area contributed by atoms with Crippen LogP contribution in [0.2, 0.25) is 0 Å². The van der Waals surface area contributed by atoms with Crippen LogP contribution < -0.4 is 9.47 Å². The minimum absolute atomic E-state index is 0.127. The van der Waals surface area contributed by atoms with Crippen molar-refractivity contribution in [2.24, 2.45) is 0 Å². The van der Waals surface area contributed by atoms with Gasteiger partial charge in [0.05, 0.1) is 0 Å². The molecular weight excluding hydrogens is 252 g/mol. The van der Waals surface area contributed by atoms with Gasteiger partial charge in [0.2, 0.25) is 0 Å². The normalized spacial score (nSPS) is 10.9. The van der Waals surface area contributed by atoms with Crippen molar-refractivity contribution < 1.29 is 29.3 Å². The SMILES string of the molecule is CCC(C)(C)c1cc(OC(=O)O)ccc1OC(=O)O. The molecule has 6 heteroatoms. The number of carboxylic acid groups (broad SMARTS) is 2. The molecule has 1 aromatic carbocycles. The van der Waals surface area contributed by atoms with E-state index in [-0.39, 0.29) is 16.9 Å². The van der Waals surface area contributed by atoms with E-state index >= 15 is 0 Å². The third-order valence-corrected chi connectivity index (χ3v) is 2.97. The monoisotopic (exact) mass is 268 g/mol. The van der Waals surface area contributed by atoms with Gasteiger partial charge in [-0.1, -0.05) is 20.8 Å². The standard InChI is InChI=1S/C13H16O6/c1-4-13(2,3)9-7-8(18-11(14)15)5-6-10(9)19-12(16)17/h5-7H,4H2,1-3H3,(H,14,15)(H,16,17). The van der Waals surface area contributed by atoms with Gasteiger partial charge in [0.15, 0.2) is 0 Å². The lowest BCUT2D eigenvalue weighted by molar-refractivity contribution is 0.140. The highest BCUT2D eigenvalue weighted by molar-refractivity contribution is 5.64. The second-order valence-corrected chi connectivity index (χ2v) is 4.63. The number of hydrogen-bond donors (Lipinski definition) is 2. The average molecular weight is 268 g/mol. The smallest absolute Gasteiger partial charge is 0.449 e. The topological polar surface area (TPSA) is 93.1 Å². The maximum atomic E-state index is 10.7. The summed E-state index contributed by atoms with van der Waals surface area (Å²) in [4.78, 5) is 21.2. The Labute approximate surface area is 110 Å². The molecule has 0 aromatic heterocycles. The van der Waals surface area contributed by atoms with Gasteiger partial charge in [-0.2, -0.15) is 0 Å². The van der Waals surface area contributed by atoms with Crippen molar-refractivity contribution in [2.75, 3.05) is 0 Å². The van der Waals surface area contributed by atoms with E-state index in [0.29, 0.717) is 5.56 Å². The average Bonchev–Trinajstić information content (AvgIpc) is 2.29. The minimum Gasteiger partial charge on any atom is -0.449 e. The summed E-state index contributed by atoms with van der Waals surface area (Å²) >= 11 is 0. The molecule has 0 saturated carbocycles. The Hall–Kier alpha value is -2.24. The molecule has 19 heavy (non-hydrogen) atoms. The van der Waals surface area contributed by atoms with Gasteiger partial charge in [-0.25, -0.2) is 9.59 Å². The number of rotatable bonds is 4. The van der Waals surface area contributed by atoms with E-state index in [1.165, 1.54) is 18.2 Å². The summed E-state index contributed by atoms with van der Waals surface area (Å²) in [7, 11) is 0. The molecule has 0 radical (unpaired) electrons. The van der Waals surface area contributed by atoms with Gasteiger partial charge in [-0.3, -0.25) is 0 Å². The molecule has 0 bridgehead atoms. The van der Waals surface area contributed by atoms with Crippen LogP contribution in [0.4, 0.5) is 9.59 Å². The highest BCUT2D eigenvalue weighted by atomic mass is 16.7. The molecule has 0 aliphatic rings. The van der Waals surface area contributed by atoms with Crippen molar-refractivity contribution >= 4 is 12.3 Å². The van der Waals surface area contributed by atoms with Crippen LogP contribution in [-0.2, 0) is 5.41 Å². The van der Waals surface area contributed by atoms with E-state index in [4.69, 9.17) is 14.9 Å². The van der Waals surface area contributed by atoms with E-state index in [0.717, 1.165) is 6.42 Å². The van der Waals surface area contributed by atoms with E-state index in [9.17, 15) is 9.59 Å². The van der Waals surface area contributed by atoms with Crippen LogP contribution in [0.15, 0.2) is 18.2 Å². The summed E-state index contributed by atoms with van der Waals surface area (Å²) < 4.78 is 9.28. The summed E-state index contributed by atoms with van der Waals surface area (Å²) in [5.41, 5.74) is 0.207. The van der Waals surface area contributed by atoms with Crippen molar-refractivity contribution in [2.45, 2.75) is 32.6 Å². The molecular formula is C13H16O6. The summed E-state index contributed by atoms with van der Waals surface area (Å²) in [5.74, 6) is 0.304. The number of benzene rings is 1. The fourth-order valence-corrected chi connectivity index (χ4v) is 1.58. The van der Waals surface area contributed by atoms with Gasteiger partial charge in [0, 0.05) is 5.56 Å². The Morgan fingerprint density at radius 3 is 2.21 bits per heavy atom. The molecule has 0 heterocycles. The predicted octanol–water partition coefficient (Wildman–Crippen LogP) is 3.49. The molecule has 0 unspecified atom stereocenters. The highest BCUT2D eigenvalue weighted by Gasteiger charge is 2.25. The molecule has 0 fully saturated rings. The van der Waals surface area contributed by atoms with Crippen molar-refractivity contribution in [3.05, 3.63) is 23.8 Å². The lowest BCUT2D eigenvalue weighted by atomic mass is 9.81. The predicted molar refractivity (Wildman–Crippen MR) is 67.1 cm³/mol. The third kappa shape index (κ3) is 3.87. The third-order valence-electron chi connectivity index (χ3n) is 2.97. The van der Waals surface area contributed by atoms with Crippen LogP contribution in [0.25, 0.3) is 0 Å². The first-order valence-corrected chi connectivity index (χ1v) is 5.72. The van der Waals surface area contributed by atoms with Gasteiger partial charge < -0.3 is 19.7 Å². The Kier molecular flexibility index (Phi) is 4.37. The largest absolute Gasteiger partial charge is 0.511 e. The Morgan fingerprint density at radius 1 is 1.16 bits per heavy atom. The maximum Gasteiger partial charge on any atom is 0.511 e. The number of carbonyl (C=O) groups is 2. The van der Waals surface area contributed by atoms with Gasteiger partial charge in [0.25, 0.3) is 0 Å². The summed E-state index contributed by atoms with van der Waals surface area (Å²) in [6.07, 6.45) is -2.12. The molecule has 0 saturated heterocycles. The molecule has 0 spiro atoms. The van der Waals surface area contributed by atoms with Gasteiger partial charge >= 0.3 is 12.3 Å². The Morgan fingerprint density at radius 2 is 1.74 bits per heavy atom. The lowest BCUT2D eigenvalue weighted by Gasteiger charge is -2.25. The maximum absolute atomic E-state index is 10.7. The Bertz CT molecular complexity index is 492. The van der Waals surface area contributed by atoms with Crippen LogP contribution in [0.5, 0.6) is 11.5 Å². The molecule has 0 aliphatic carbocycles. The van der Waals surface area contributed by atoms with Crippen molar-refractivity contribution in [1.82, 2.24) is 0 Å². The Balaban J connectivity index is 3.25. The van der Waals surface area contributed by atoms with Gasteiger partial charge in [-0.05, 0) is 30.0 Å². The molecule has 1 aromatic rings. The van der Waals surface area contributed by atoms with Crippen molar-refractivity contribution in [3.8, 4) is 11.5 Å². The van der Waals surface area contributed by atoms with Crippen molar-refractivity contribution in [3.63, 3.8) is 0 Å². The lowest BCUT2D eigenvalue weighted by Crippen LogP contribution is -2.19. The summed E-state index contributed by atoms with van der Waals surface area (Å²) in [6, 6.07) is 4.22. The first-order valence-electron chi connectivity index (χ1n) is 5.72. The zero-order chi connectivity index (χ0) is 14.6. The van der Waals surface area contributed by atoms with E-state index in [1.54, 1.807) is 0 Å². The molecule has 0 atom stereocenters. The van der Waals surface area contributed by atoms with Crippen LogP contribution in [-0.4, -0.2) is 22.5 Å². The number of ether oxygens (including phenoxy) is 2. The van der Waals surface area contributed by atoms with E-state index in [2.05, 4.69) is 4.74 Å². The zero-order valence-corrected chi connectivity index (χ0v) is 11.0. The molecule has 6 nitrogen and oxygen atoms in total.